The molecule has 0 bridgehead atoms. The molecule has 1 heterocycles. The summed E-state index contributed by atoms with van der Waals surface area (Å²) in [6.07, 6.45) is 4.32. The first kappa shape index (κ1) is 16.1. The van der Waals surface area contributed by atoms with E-state index in [0.717, 1.165) is 19.3 Å². The molecule has 2 rings (SSSR count). The van der Waals surface area contributed by atoms with Crippen molar-refractivity contribution in [3.63, 3.8) is 0 Å². The van der Waals surface area contributed by atoms with Crippen molar-refractivity contribution in [2.75, 3.05) is 6.54 Å². The zero-order chi connectivity index (χ0) is 15.4. The Balaban J connectivity index is 1.78. The number of amides is 2. The summed E-state index contributed by atoms with van der Waals surface area (Å²) in [6.45, 7) is 7.07. The van der Waals surface area contributed by atoms with E-state index in [0.29, 0.717) is 30.7 Å². The standard InChI is InChI=1S/C16H28N2O3/c1-10(2)13-6-4-11(3)8-14(13)21-16(20)17-9-12-5-7-15(19)18-12/h10-14H,4-9H2,1-3H3,(H,17,20)(H,18,19)/t11-,12+,13+,14-/m1/s1. The maximum atomic E-state index is 12.0. The summed E-state index contributed by atoms with van der Waals surface area (Å²) in [5, 5.41) is 5.63. The first-order chi connectivity index (χ1) is 9.95. The second-order valence-electron chi connectivity index (χ2n) is 6.95. The molecule has 1 saturated carbocycles. The molecule has 4 atom stereocenters. The van der Waals surface area contributed by atoms with E-state index in [1.807, 2.05) is 0 Å². The number of carbonyl (C=O) groups is 2. The van der Waals surface area contributed by atoms with Crippen LogP contribution in [-0.4, -0.2) is 30.7 Å². The van der Waals surface area contributed by atoms with Gasteiger partial charge in [0.2, 0.25) is 5.91 Å². The number of hydrogen-bond donors (Lipinski definition) is 2. The zero-order valence-corrected chi connectivity index (χ0v) is 13.4. The summed E-state index contributed by atoms with van der Waals surface area (Å²) in [7, 11) is 0. The molecular formula is C16H28N2O3. The second kappa shape index (κ2) is 7.14. The third-order valence-corrected chi connectivity index (χ3v) is 4.80. The van der Waals surface area contributed by atoms with Crippen molar-refractivity contribution in [1.82, 2.24) is 10.6 Å². The van der Waals surface area contributed by atoms with Gasteiger partial charge in [-0.2, -0.15) is 0 Å². The largest absolute Gasteiger partial charge is 0.446 e. The van der Waals surface area contributed by atoms with Crippen LogP contribution in [0.25, 0.3) is 0 Å². The molecule has 0 spiro atoms. The maximum absolute atomic E-state index is 12.0. The lowest BCUT2D eigenvalue weighted by Crippen LogP contribution is -2.42. The third-order valence-electron chi connectivity index (χ3n) is 4.80. The monoisotopic (exact) mass is 296 g/mol. The lowest BCUT2D eigenvalue weighted by molar-refractivity contribution is -0.119. The molecule has 2 aliphatic rings. The van der Waals surface area contributed by atoms with Crippen LogP contribution in [0.5, 0.6) is 0 Å². The summed E-state index contributed by atoms with van der Waals surface area (Å²) in [4.78, 5) is 23.1. The van der Waals surface area contributed by atoms with Gasteiger partial charge in [-0.1, -0.05) is 27.2 Å². The molecule has 2 amide bonds. The van der Waals surface area contributed by atoms with Crippen LogP contribution in [0, 0.1) is 17.8 Å². The second-order valence-corrected chi connectivity index (χ2v) is 6.95. The quantitative estimate of drug-likeness (QED) is 0.837. The van der Waals surface area contributed by atoms with Crippen LogP contribution in [0.4, 0.5) is 4.79 Å². The van der Waals surface area contributed by atoms with E-state index < -0.39 is 0 Å². The Labute approximate surface area is 127 Å². The zero-order valence-electron chi connectivity index (χ0n) is 13.4. The minimum atomic E-state index is -0.346. The summed E-state index contributed by atoms with van der Waals surface area (Å²) >= 11 is 0. The fraction of sp³-hybridized carbons (Fsp3) is 0.875. The van der Waals surface area contributed by atoms with Crippen LogP contribution in [0.1, 0.15) is 52.9 Å². The fourth-order valence-electron chi connectivity index (χ4n) is 3.47. The average molecular weight is 296 g/mol. The average Bonchev–Trinajstić information content (AvgIpc) is 2.82. The minimum absolute atomic E-state index is 0.0203. The van der Waals surface area contributed by atoms with Gasteiger partial charge in [0, 0.05) is 19.0 Å². The maximum Gasteiger partial charge on any atom is 0.407 e. The van der Waals surface area contributed by atoms with E-state index in [-0.39, 0.29) is 24.1 Å². The van der Waals surface area contributed by atoms with Crippen LogP contribution in [0.15, 0.2) is 0 Å². The van der Waals surface area contributed by atoms with Crippen LogP contribution in [0.3, 0.4) is 0 Å². The predicted octanol–water partition coefficient (Wildman–Crippen LogP) is 2.45. The Bertz CT molecular complexity index is 384. The van der Waals surface area contributed by atoms with Crippen LogP contribution in [-0.2, 0) is 9.53 Å². The van der Waals surface area contributed by atoms with Crippen molar-refractivity contribution in [2.24, 2.45) is 17.8 Å². The molecule has 0 aromatic carbocycles. The third kappa shape index (κ3) is 4.61. The van der Waals surface area contributed by atoms with E-state index in [9.17, 15) is 9.59 Å². The van der Waals surface area contributed by atoms with Gasteiger partial charge in [0.25, 0.3) is 0 Å². The number of nitrogens with one attached hydrogen (secondary N) is 2. The highest BCUT2D eigenvalue weighted by molar-refractivity contribution is 5.78. The molecular weight excluding hydrogens is 268 g/mol. The summed E-state index contributed by atoms with van der Waals surface area (Å²) < 4.78 is 5.66. The van der Waals surface area contributed by atoms with Crippen molar-refractivity contribution in [2.45, 2.75) is 65.0 Å². The molecule has 0 radical (unpaired) electrons. The molecule has 2 N–H and O–H groups in total. The normalized spacial score (nSPS) is 32.9. The molecule has 5 heteroatoms. The van der Waals surface area contributed by atoms with Gasteiger partial charge in [-0.3, -0.25) is 4.79 Å². The van der Waals surface area contributed by atoms with Crippen LogP contribution < -0.4 is 10.6 Å². The molecule has 1 saturated heterocycles. The van der Waals surface area contributed by atoms with Crippen LogP contribution >= 0.6 is 0 Å². The Hall–Kier alpha value is -1.26. The van der Waals surface area contributed by atoms with Crippen molar-refractivity contribution < 1.29 is 14.3 Å². The van der Waals surface area contributed by atoms with Gasteiger partial charge in [-0.25, -0.2) is 4.79 Å². The Morgan fingerprint density at radius 1 is 1.38 bits per heavy atom. The topological polar surface area (TPSA) is 67.4 Å². The highest BCUT2D eigenvalue weighted by Crippen LogP contribution is 2.35. The van der Waals surface area contributed by atoms with Crippen LogP contribution in [0.2, 0.25) is 0 Å². The van der Waals surface area contributed by atoms with E-state index in [2.05, 4.69) is 31.4 Å². The first-order valence-corrected chi connectivity index (χ1v) is 8.19. The van der Waals surface area contributed by atoms with Gasteiger partial charge in [-0.15, -0.1) is 0 Å². The van der Waals surface area contributed by atoms with E-state index in [1.165, 1.54) is 6.42 Å². The number of hydrogen-bond acceptors (Lipinski definition) is 3. The highest BCUT2D eigenvalue weighted by atomic mass is 16.6. The molecule has 120 valence electrons. The van der Waals surface area contributed by atoms with E-state index in [4.69, 9.17) is 4.74 Å². The lowest BCUT2D eigenvalue weighted by atomic mass is 9.75. The van der Waals surface area contributed by atoms with Gasteiger partial charge in [0.15, 0.2) is 0 Å². The number of carbonyl (C=O) groups excluding carboxylic acids is 2. The van der Waals surface area contributed by atoms with E-state index >= 15 is 0 Å². The summed E-state index contributed by atoms with van der Waals surface area (Å²) in [6, 6.07) is 0.0521. The molecule has 5 nitrogen and oxygen atoms in total. The molecule has 21 heavy (non-hydrogen) atoms. The van der Waals surface area contributed by atoms with E-state index in [1.54, 1.807) is 0 Å². The molecule has 2 fully saturated rings. The summed E-state index contributed by atoms with van der Waals surface area (Å²) in [5.74, 6) is 1.67. The van der Waals surface area contributed by atoms with Gasteiger partial charge in [0.05, 0.1) is 0 Å². The molecule has 1 aliphatic heterocycles. The highest BCUT2D eigenvalue weighted by Gasteiger charge is 2.33. The van der Waals surface area contributed by atoms with Gasteiger partial charge < -0.3 is 15.4 Å². The molecule has 1 aliphatic carbocycles. The summed E-state index contributed by atoms with van der Waals surface area (Å²) in [5.41, 5.74) is 0. The first-order valence-electron chi connectivity index (χ1n) is 8.19. The molecule has 0 aromatic heterocycles. The minimum Gasteiger partial charge on any atom is -0.446 e. The molecule has 0 unspecified atom stereocenters. The van der Waals surface area contributed by atoms with Gasteiger partial charge >= 0.3 is 6.09 Å². The predicted molar refractivity (Wildman–Crippen MR) is 80.8 cm³/mol. The van der Waals surface area contributed by atoms with Crippen molar-refractivity contribution in [1.29, 1.82) is 0 Å². The fourth-order valence-corrected chi connectivity index (χ4v) is 3.47. The van der Waals surface area contributed by atoms with Gasteiger partial charge in [0.1, 0.15) is 6.10 Å². The smallest absolute Gasteiger partial charge is 0.407 e. The Kier molecular flexibility index (Phi) is 5.48. The lowest BCUT2D eigenvalue weighted by Gasteiger charge is -2.36. The SMILES string of the molecule is CC(C)[C@@H]1CC[C@@H](C)C[C@H]1OC(=O)NC[C@@H]1CCC(=O)N1. The molecule has 0 aromatic rings. The van der Waals surface area contributed by atoms with Crippen molar-refractivity contribution >= 4 is 12.0 Å². The van der Waals surface area contributed by atoms with Crippen molar-refractivity contribution in [3.8, 4) is 0 Å². The van der Waals surface area contributed by atoms with Gasteiger partial charge in [-0.05, 0) is 37.0 Å². The number of rotatable bonds is 4. The number of alkyl carbamates (subject to hydrolysis) is 1. The number of ether oxygens (including phenoxy) is 1. The Morgan fingerprint density at radius 3 is 2.76 bits per heavy atom. The van der Waals surface area contributed by atoms with Crippen molar-refractivity contribution in [3.05, 3.63) is 0 Å². The Morgan fingerprint density at radius 2 is 2.14 bits per heavy atom.